The average Bonchev–Trinajstić information content (AvgIpc) is 3.67. The standard InChI is InChI=1S/C33H31N7O2S/c41-29(23-5-2-1-3-6-23)22-35-26-8-4-7-24(21-26)30-31(40-17-20-43-33(40)38-30)28-13-14-34-32(37-28)36-25-9-11-27(12-10-25)39-15-18-42-19-16-39/h1-14,17,20-21,29,35,41H,15-16,18-19,22H2,(H,34,36,37). The predicted molar refractivity (Wildman–Crippen MR) is 172 cm³/mol. The summed E-state index contributed by atoms with van der Waals surface area (Å²) in [5.41, 5.74) is 7.32. The number of rotatable bonds is 9. The summed E-state index contributed by atoms with van der Waals surface area (Å²) in [5, 5.41) is 19.4. The lowest BCUT2D eigenvalue weighted by atomic mass is 10.1. The van der Waals surface area contributed by atoms with E-state index in [9.17, 15) is 5.11 Å². The van der Waals surface area contributed by atoms with Gasteiger partial charge in [-0.3, -0.25) is 4.40 Å². The van der Waals surface area contributed by atoms with E-state index in [0.717, 1.165) is 70.8 Å². The minimum atomic E-state index is -0.610. The fraction of sp³-hybridized carbons (Fsp3) is 0.182. The van der Waals surface area contributed by atoms with E-state index < -0.39 is 6.10 Å². The van der Waals surface area contributed by atoms with Crippen molar-refractivity contribution >= 4 is 39.3 Å². The van der Waals surface area contributed by atoms with Crippen molar-refractivity contribution in [1.82, 2.24) is 19.4 Å². The number of nitrogens with zero attached hydrogens (tertiary/aromatic N) is 5. The van der Waals surface area contributed by atoms with E-state index in [0.29, 0.717) is 12.5 Å². The van der Waals surface area contributed by atoms with Crippen LogP contribution in [0, 0.1) is 0 Å². The fourth-order valence-electron chi connectivity index (χ4n) is 5.27. The van der Waals surface area contributed by atoms with Crippen LogP contribution in [0.1, 0.15) is 11.7 Å². The summed E-state index contributed by atoms with van der Waals surface area (Å²) in [7, 11) is 0. The van der Waals surface area contributed by atoms with Crippen molar-refractivity contribution < 1.29 is 9.84 Å². The Labute approximate surface area is 253 Å². The first-order chi connectivity index (χ1) is 21.2. The third kappa shape index (κ3) is 5.94. The van der Waals surface area contributed by atoms with Crippen molar-refractivity contribution in [2.45, 2.75) is 6.10 Å². The first kappa shape index (κ1) is 27.1. The maximum atomic E-state index is 10.6. The second kappa shape index (κ2) is 12.2. The second-order valence-corrected chi connectivity index (χ2v) is 11.2. The Morgan fingerprint density at radius 2 is 1.74 bits per heavy atom. The molecule has 10 heteroatoms. The molecule has 43 heavy (non-hydrogen) atoms. The number of morpholine rings is 1. The Morgan fingerprint density at radius 1 is 0.907 bits per heavy atom. The SMILES string of the molecule is OC(CNc1cccc(-c2nc3sccn3c2-c2ccnc(Nc3ccc(N4CCOCC4)cc3)n2)c1)c1ccccc1. The number of anilines is 4. The van der Waals surface area contributed by atoms with E-state index in [-0.39, 0.29) is 0 Å². The molecule has 3 aromatic heterocycles. The number of benzene rings is 3. The van der Waals surface area contributed by atoms with Crippen molar-refractivity contribution in [3.63, 3.8) is 0 Å². The summed E-state index contributed by atoms with van der Waals surface area (Å²) < 4.78 is 7.55. The number of hydrogen-bond donors (Lipinski definition) is 3. The van der Waals surface area contributed by atoms with Gasteiger partial charge in [-0.25, -0.2) is 15.0 Å². The zero-order chi connectivity index (χ0) is 29.0. The van der Waals surface area contributed by atoms with Crippen LogP contribution < -0.4 is 15.5 Å². The molecule has 3 aromatic carbocycles. The molecule has 0 radical (unpaired) electrons. The predicted octanol–water partition coefficient (Wildman–Crippen LogP) is 6.25. The number of fused-ring (bicyclic) bond motifs is 1. The normalized spacial score (nSPS) is 14.1. The Bertz CT molecular complexity index is 1810. The third-order valence-electron chi connectivity index (χ3n) is 7.48. The minimum Gasteiger partial charge on any atom is -0.387 e. The number of aromatic nitrogens is 4. The van der Waals surface area contributed by atoms with Gasteiger partial charge in [-0.05, 0) is 48.0 Å². The van der Waals surface area contributed by atoms with Gasteiger partial charge in [0.25, 0.3) is 0 Å². The summed E-state index contributed by atoms with van der Waals surface area (Å²) in [5.74, 6) is 0.512. The number of imidazole rings is 1. The molecule has 0 amide bonds. The second-order valence-electron chi connectivity index (χ2n) is 10.3. The molecule has 216 valence electrons. The molecule has 1 aliphatic rings. The van der Waals surface area contributed by atoms with Crippen molar-refractivity contribution in [2.24, 2.45) is 0 Å². The molecule has 3 N–H and O–H groups in total. The fourth-order valence-corrected chi connectivity index (χ4v) is 5.99. The molecule has 4 heterocycles. The molecule has 0 spiro atoms. The van der Waals surface area contributed by atoms with Gasteiger partial charge in [0, 0.05) is 60.0 Å². The number of thiazole rings is 1. The van der Waals surface area contributed by atoms with Crippen LogP contribution in [0.3, 0.4) is 0 Å². The van der Waals surface area contributed by atoms with Gasteiger partial charge < -0.3 is 25.4 Å². The number of aliphatic hydroxyl groups excluding tert-OH is 1. The van der Waals surface area contributed by atoms with Crippen LogP contribution in [0.4, 0.5) is 23.0 Å². The lowest BCUT2D eigenvalue weighted by molar-refractivity contribution is 0.122. The quantitative estimate of drug-likeness (QED) is 0.182. The number of hydrogen-bond acceptors (Lipinski definition) is 9. The van der Waals surface area contributed by atoms with Crippen LogP contribution in [0.2, 0.25) is 0 Å². The van der Waals surface area contributed by atoms with E-state index in [1.165, 1.54) is 5.69 Å². The first-order valence-electron chi connectivity index (χ1n) is 14.3. The lowest BCUT2D eigenvalue weighted by Gasteiger charge is -2.28. The number of nitrogens with one attached hydrogen (secondary N) is 2. The molecule has 7 rings (SSSR count). The van der Waals surface area contributed by atoms with Gasteiger partial charge in [0.15, 0.2) is 4.96 Å². The molecule has 0 aliphatic carbocycles. The van der Waals surface area contributed by atoms with Gasteiger partial charge in [-0.15, -0.1) is 11.3 Å². The summed E-state index contributed by atoms with van der Waals surface area (Å²) in [4.78, 5) is 17.6. The summed E-state index contributed by atoms with van der Waals surface area (Å²) >= 11 is 1.58. The van der Waals surface area contributed by atoms with Gasteiger partial charge in [-0.2, -0.15) is 0 Å². The molecule has 1 atom stereocenters. The van der Waals surface area contributed by atoms with Crippen LogP contribution in [0.25, 0.3) is 27.6 Å². The van der Waals surface area contributed by atoms with Crippen LogP contribution in [-0.2, 0) is 4.74 Å². The van der Waals surface area contributed by atoms with Crippen LogP contribution in [-0.4, -0.2) is 57.3 Å². The zero-order valence-corrected chi connectivity index (χ0v) is 24.2. The largest absolute Gasteiger partial charge is 0.387 e. The molecule has 1 unspecified atom stereocenters. The van der Waals surface area contributed by atoms with Gasteiger partial charge >= 0.3 is 0 Å². The molecular formula is C33H31N7O2S. The van der Waals surface area contributed by atoms with Gasteiger partial charge in [0.1, 0.15) is 5.69 Å². The Balaban J connectivity index is 1.14. The maximum Gasteiger partial charge on any atom is 0.227 e. The Kier molecular flexibility index (Phi) is 7.70. The highest BCUT2D eigenvalue weighted by Gasteiger charge is 2.19. The van der Waals surface area contributed by atoms with Crippen LogP contribution in [0.5, 0.6) is 0 Å². The van der Waals surface area contributed by atoms with Gasteiger partial charge in [0.2, 0.25) is 5.95 Å². The average molecular weight is 590 g/mol. The lowest BCUT2D eigenvalue weighted by Crippen LogP contribution is -2.36. The van der Waals surface area contributed by atoms with E-state index in [2.05, 4.69) is 55.2 Å². The van der Waals surface area contributed by atoms with E-state index in [1.54, 1.807) is 17.5 Å². The Morgan fingerprint density at radius 3 is 2.58 bits per heavy atom. The van der Waals surface area contributed by atoms with E-state index in [4.69, 9.17) is 14.7 Å². The van der Waals surface area contributed by atoms with Crippen molar-refractivity contribution in [3.8, 4) is 22.6 Å². The van der Waals surface area contributed by atoms with Crippen molar-refractivity contribution in [3.05, 3.63) is 108 Å². The summed E-state index contributed by atoms with van der Waals surface area (Å²) in [6.07, 6.45) is 3.18. The molecule has 0 saturated carbocycles. The minimum absolute atomic E-state index is 0.396. The van der Waals surface area contributed by atoms with Crippen molar-refractivity contribution in [2.75, 3.05) is 48.4 Å². The highest BCUT2D eigenvalue weighted by molar-refractivity contribution is 7.15. The molecule has 1 saturated heterocycles. The molecule has 6 aromatic rings. The number of ether oxygens (including phenoxy) is 1. The van der Waals surface area contributed by atoms with E-state index >= 15 is 0 Å². The maximum absolute atomic E-state index is 10.6. The highest BCUT2D eigenvalue weighted by atomic mass is 32.1. The first-order valence-corrected chi connectivity index (χ1v) is 15.2. The summed E-state index contributed by atoms with van der Waals surface area (Å²) in [6.45, 7) is 3.71. The topological polar surface area (TPSA) is 99.8 Å². The van der Waals surface area contributed by atoms with Gasteiger partial charge in [0.05, 0.1) is 30.7 Å². The summed E-state index contributed by atoms with van der Waals surface area (Å²) in [6, 6.07) is 28.0. The smallest absolute Gasteiger partial charge is 0.227 e. The van der Waals surface area contributed by atoms with Crippen molar-refractivity contribution in [1.29, 1.82) is 0 Å². The van der Waals surface area contributed by atoms with Crippen LogP contribution in [0.15, 0.2) is 103 Å². The molecule has 1 aliphatic heterocycles. The van der Waals surface area contributed by atoms with E-state index in [1.807, 2.05) is 66.2 Å². The third-order valence-corrected chi connectivity index (χ3v) is 8.24. The number of aliphatic hydroxyl groups is 1. The zero-order valence-electron chi connectivity index (χ0n) is 23.4. The highest BCUT2D eigenvalue weighted by Crippen LogP contribution is 2.35. The monoisotopic (exact) mass is 589 g/mol. The van der Waals surface area contributed by atoms with Crippen LogP contribution >= 0.6 is 11.3 Å². The molecule has 9 nitrogen and oxygen atoms in total. The Hall–Kier alpha value is -4.77. The molecule has 0 bridgehead atoms. The van der Waals surface area contributed by atoms with Gasteiger partial charge in [-0.1, -0.05) is 42.5 Å². The molecular weight excluding hydrogens is 558 g/mol. The molecule has 1 fully saturated rings.